The first-order valence-corrected chi connectivity index (χ1v) is 15.9. The molecule has 0 saturated carbocycles. The number of carbonyl (C=O) groups is 2. The smallest absolute Gasteiger partial charge is 0.231 e. The summed E-state index contributed by atoms with van der Waals surface area (Å²) in [6, 6.07) is 26.6. The normalized spacial score (nSPS) is 15.0. The number of amides is 2. The van der Waals surface area contributed by atoms with Crippen LogP contribution in [0.15, 0.2) is 85.1 Å². The average Bonchev–Trinajstić information content (AvgIpc) is 3.36. The van der Waals surface area contributed by atoms with E-state index in [1.54, 1.807) is 0 Å². The molecule has 1 aliphatic heterocycles. The third-order valence-electron chi connectivity index (χ3n) is 8.48. The lowest BCUT2D eigenvalue weighted by Gasteiger charge is -2.29. The van der Waals surface area contributed by atoms with Crippen molar-refractivity contribution in [2.45, 2.75) is 59.5 Å². The first-order chi connectivity index (χ1) is 20.9. The van der Waals surface area contributed by atoms with E-state index < -0.39 is 0 Å². The van der Waals surface area contributed by atoms with Gasteiger partial charge in [-0.25, -0.2) is 0 Å². The van der Waals surface area contributed by atoms with Gasteiger partial charge in [-0.3, -0.25) is 9.59 Å². The molecule has 0 bridgehead atoms. The molecular formula is C37H46N4O2. The van der Waals surface area contributed by atoms with Crippen molar-refractivity contribution in [2.24, 2.45) is 5.92 Å². The van der Waals surface area contributed by atoms with Crippen molar-refractivity contribution in [3.05, 3.63) is 102 Å². The van der Waals surface area contributed by atoms with Gasteiger partial charge in [0.2, 0.25) is 11.8 Å². The van der Waals surface area contributed by atoms with Crippen LogP contribution < -0.4 is 4.90 Å². The van der Waals surface area contributed by atoms with E-state index in [0.717, 1.165) is 49.4 Å². The molecule has 0 aliphatic carbocycles. The van der Waals surface area contributed by atoms with Crippen LogP contribution in [0.5, 0.6) is 0 Å². The molecule has 5 rings (SSSR count). The van der Waals surface area contributed by atoms with Gasteiger partial charge >= 0.3 is 0 Å². The maximum atomic E-state index is 13.9. The van der Waals surface area contributed by atoms with Gasteiger partial charge < -0.3 is 19.3 Å². The summed E-state index contributed by atoms with van der Waals surface area (Å²) in [7, 11) is 0. The number of fused-ring (bicyclic) bond motifs is 2. The fourth-order valence-electron chi connectivity index (χ4n) is 6.36. The highest BCUT2D eigenvalue weighted by Gasteiger charge is 2.24. The van der Waals surface area contributed by atoms with Crippen LogP contribution in [0.1, 0.15) is 50.3 Å². The molecule has 4 aromatic rings. The van der Waals surface area contributed by atoms with Crippen molar-refractivity contribution in [1.29, 1.82) is 0 Å². The van der Waals surface area contributed by atoms with Crippen LogP contribution >= 0.6 is 0 Å². The summed E-state index contributed by atoms with van der Waals surface area (Å²) in [4.78, 5) is 34.2. The Morgan fingerprint density at radius 1 is 0.814 bits per heavy atom. The molecule has 0 radical (unpaired) electrons. The largest absolute Gasteiger partial charge is 0.347 e. The Balaban J connectivity index is 1.40. The van der Waals surface area contributed by atoms with Crippen LogP contribution in [-0.4, -0.2) is 58.9 Å². The first kappa shape index (κ1) is 30.6. The number of rotatable bonds is 8. The predicted molar refractivity (Wildman–Crippen MR) is 176 cm³/mol. The number of aromatic nitrogens is 1. The summed E-state index contributed by atoms with van der Waals surface area (Å²) in [5.74, 6) is 0.783. The monoisotopic (exact) mass is 578 g/mol. The summed E-state index contributed by atoms with van der Waals surface area (Å²) >= 11 is 0. The van der Waals surface area contributed by atoms with Gasteiger partial charge in [0.25, 0.3) is 0 Å². The molecular weight excluding hydrogens is 532 g/mol. The second-order valence-electron chi connectivity index (χ2n) is 12.2. The number of benzene rings is 3. The lowest BCUT2D eigenvalue weighted by molar-refractivity contribution is -0.132. The maximum Gasteiger partial charge on any atom is 0.231 e. The molecule has 1 aromatic heterocycles. The maximum absolute atomic E-state index is 13.9. The minimum atomic E-state index is 0.0958. The Morgan fingerprint density at radius 2 is 1.56 bits per heavy atom. The Labute approximate surface area is 256 Å². The minimum Gasteiger partial charge on any atom is -0.347 e. The highest BCUT2D eigenvalue weighted by Crippen LogP contribution is 2.26. The molecule has 2 heterocycles. The zero-order valence-corrected chi connectivity index (χ0v) is 26.0. The molecule has 0 unspecified atom stereocenters. The van der Waals surface area contributed by atoms with Crippen LogP contribution in [0.25, 0.3) is 10.9 Å². The summed E-state index contributed by atoms with van der Waals surface area (Å²) in [5.41, 5.74) is 5.41. The van der Waals surface area contributed by atoms with Gasteiger partial charge in [-0.1, -0.05) is 80.6 Å². The number of anilines is 1. The summed E-state index contributed by atoms with van der Waals surface area (Å²) in [6.45, 7) is 12.1. The Hall–Kier alpha value is -3.90. The van der Waals surface area contributed by atoms with Crippen molar-refractivity contribution in [1.82, 2.24) is 14.4 Å². The van der Waals surface area contributed by atoms with Gasteiger partial charge in [0.05, 0.1) is 6.42 Å². The highest BCUT2D eigenvalue weighted by molar-refractivity contribution is 5.95. The van der Waals surface area contributed by atoms with Gasteiger partial charge in [-0.05, 0) is 61.1 Å². The second-order valence-corrected chi connectivity index (χ2v) is 12.2. The van der Waals surface area contributed by atoms with Crippen LogP contribution in [-0.2, 0) is 35.5 Å². The summed E-state index contributed by atoms with van der Waals surface area (Å²) in [5, 5.41) is 1.23. The van der Waals surface area contributed by atoms with E-state index in [4.69, 9.17) is 0 Å². The third-order valence-corrected chi connectivity index (χ3v) is 8.48. The number of carbonyl (C=O) groups excluding carboxylic acids is 2. The fourth-order valence-corrected chi connectivity index (χ4v) is 6.36. The number of hydrogen-bond donors (Lipinski definition) is 0. The quantitative estimate of drug-likeness (QED) is 0.238. The van der Waals surface area contributed by atoms with Crippen molar-refractivity contribution >= 4 is 28.4 Å². The molecule has 6 nitrogen and oxygen atoms in total. The zero-order valence-electron chi connectivity index (χ0n) is 26.0. The molecule has 6 heteroatoms. The molecule has 226 valence electrons. The SMILES string of the molecule is CCn1cc(CCC(=O)N2CCN(CC(C)C)CCCN(C(=O)Cc3ccccc3)c3ccccc3C2)c2ccccc21. The van der Waals surface area contributed by atoms with E-state index in [9.17, 15) is 9.59 Å². The van der Waals surface area contributed by atoms with Crippen LogP contribution in [0.4, 0.5) is 5.69 Å². The van der Waals surface area contributed by atoms with E-state index in [1.807, 2.05) is 58.3 Å². The lowest BCUT2D eigenvalue weighted by atomic mass is 10.1. The van der Waals surface area contributed by atoms with Crippen molar-refractivity contribution < 1.29 is 9.59 Å². The van der Waals surface area contributed by atoms with E-state index in [1.165, 1.54) is 16.5 Å². The third kappa shape index (κ3) is 7.74. The number of para-hydroxylation sites is 2. The van der Waals surface area contributed by atoms with Crippen LogP contribution in [0, 0.1) is 5.92 Å². The minimum absolute atomic E-state index is 0.0958. The van der Waals surface area contributed by atoms with E-state index in [2.05, 4.69) is 66.8 Å². The van der Waals surface area contributed by atoms with Gasteiger partial charge in [0, 0.05) is 68.5 Å². The van der Waals surface area contributed by atoms with E-state index in [0.29, 0.717) is 44.8 Å². The van der Waals surface area contributed by atoms with Gasteiger partial charge in [-0.15, -0.1) is 0 Å². The van der Waals surface area contributed by atoms with Crippen molar-refractivity contribution in [3.63, 3.8) is 0 Å². The Bertz CT molecular complexity index is 1510. The lowest BCUT2D eigenvalue weighted by Crippen LogP contribution is -2.40. The van der Waals surface area contributed by atoms with Crippen molar-refractivity contribution in [3.8, 4) is 0 Å². The topological polar surface area (TPSA) is 48.8 Å². The molecule has 1 aliphatic rings. The van der Waals surface area contributed by atoms with Gasteiger partial charge in [0.15, 0.2) is 0 Å². The average molecular weight is 579 g/mol. The fraction of sp³-hybridized carbons (Fsp3) is 0.405. The molecule has 0 fully saturated rings. The number of hydrogen-bond acceptors (Lipinski definition) is 3. The Kier molecular flexibility index (Phi) is 10.3. The molecule has 3 aromatic carbocycles. The zero-order chi connectivity index (χ0) is 30.2. The summed E-state index contributed by atoms with van der Waals surface area (Å²) in [6.07, 6.45) is 4.62. The molecule has 0 spiro atoms. The van der Waals surface area contributed by atoms with Crippen LogP contribution in [0.2, 0.25) is 0 Å². The molecule has 0 atom stereocenters. The van der Waals surface area contributed by atoms with Crippen LogP contribution in [0.3, 0.4) is 0 Å². The summed E-state index contributed by atoms with van der Waals surface area (Å²) < 4.78 is 2.27. The van der Waals surface area contributed by atoms with Crippen molar-refractivity contribution in [2.75, 3.05) is 37.6 Å². The molecule has 0 saturated heterocycles. The molecule has 0 N–H and O–H groups in total. The first-order valence-electron chi connectivity index (χ1n) is 15.9. The molecule has 2 amide bonds. The van der Waals surface area contributed by atoms with E-state index >= 15 is 0 Å². The molecule has 43 heavy (non-hydrogen) atoms. The van der Waals surface area contributed by atoms with Gasteiger partial charge in [0.1, 0.15) is 0 Å². The predicted octanol–water partition coefficient (Wildman–Crippen LogP) is 6.56. The second kappa shape index (κ2) is 14.5. The standard InChI is InChI=1S/C37H46N4O2/c1-4-39-27-31(33-16-9-11-18-35(33)39)19-20-36(42)40-24-23-38(26-29(2)3)21-12-22-41(34-17-10-8-15-32(34)28-40)37(43)25-30-13-6-5-7-14-30/h5-11,13-18,27,29H,4,12,19-26,28H2,1-3H3. The van der Waals surface area contributed by atoms with E-state index in [-0.39, 0.29) is 11.8 Å². The number of aryl methyl sites for hydroxylation is 2. The Morgan fingerprint density at radius 3 is 2.35 bits per heavy atom. The van der Waals surface area contributed by atoms with Gasteiger partial charge in [-0.2, -0.15) is 0 Å². The number of nitrogens with zero attached hydrogens (tertiary/aromatic N) is 4. The highest BCUT2D eigenvalue weighted by atomic mass is 16.2.